The highest BCUT2D eigenvalue weighted by atomic mass is 79.9. The molecule has 0 saturated carbocycles. The lowest BCUT2D eigenvalue weighted by Crippen LogP contribution is -2.27. The number of hydrogen-bond donors (Lipinski definition) is 1. The monoisotopic (exact) mass is 430 g/mol. The second kappa shape index (κ2) is 6.66. The van der Waals surface area contributed by atoms with Gasteiger partial charge in [-0.2, -0.15) is 0 Å². The van der Waals surface area contributed by atoms with Gasteiger partial charge in [0.1, 0.15) is 11.4 Å². The van der Waals surface area contributed by atoms with Crippen LogP contribution in [0.2, 0.25) is 0 Å². The van der Waals surface area contributed by atoms with Crippen LogP contribution in [0.5, 0.6) is 5.75 Å². The van der Waals surface area contributed by atoms with Crippen LogP contribution in [0.3, 0.4) is 0 Å². The molecule has 1 aromatic carbocycles. The van der Waals surface area contributed by atoms with Crippen LogP contribution in [-0.2, 0) is 20.9 Å². The smallest absolute Gasteiger partial charge is 0.200 e. The SMILES string of the molecule is COCc1cc(Br)c(O)c(C2=CC(C)(OC)C=C(Br)C2=O)c1. The molecule has 0 amide bonds. The molecule has 1 aliphatic rings. The summed E-state index contributed by atoms with van der Waals surface area (Å²) in [7, 11) is 3.16. The van der Waals surface area contributed by atoms with Gasteiger partial charge < -0.3 is 14.6 Å². The number of rotatable bonds is 4. The van der Waals surface area contributed by atoms with Gasteiger partial charge in [-0.3, -0.25) is 4.79 Å². The Bertz CT molecular complexity index is 679. The van der Waals surface area contributed by atoms with Gasteiger partial charge in [0.25, 0.3) is 0 Å². The van der Waals surface area contributed by atoms with E-state index in [2.05, 4.69) is 31.9 Å². The number of carbonyl (C=O) groups is 1. The average molecular weight is 432 g/mol. The van der Waals surface area contributed by atoms with Gasteiger partial charge in [-0.25, -0.2) is 0 Å². The Hall–Kier alpha value is -0.950. The Labute approximate surface area is 146 Å². The molecule has 1 aliphatic carbocycles. The quantitative estimate of drug-likeness (QED) is 0.784. The first-order chi connectivity index (χ1) is 10.3. The van der Waals surface area contributed by atoms with Gasteiger partial charge in [0, 0.05) is 25.4 Å². The van der Waals surface area contributed by atoms with Crippen molar-refractivity contribution in [1.29, 1.82) is 0 Å². The number of benzene rings is 1. The summed E-state index contributed by atoms with van der Waals surface area (Å²) >= 11 is 6.59. The van der Waals surface area contributed by atoms with Crippen molar-refractivity contribution in [3.63, 3.8) is 0 Å². The van der Waals surface area contributed by atoms with Gasteiger partial charge in [-0.05, 0) is 68.6 Å². The molecule has 0 bridgehead atoms. The molecule has 118 valence electrons. The van der Waals surface area contributed by atoms with E-state index >= 15 is 0 Å². The lowest BCUT2D eigenvalue weighted by atomic mass is 9.88. The van der Waals surface area contributed by atoms with E-state index in [9.17, 15) is 9.90 Å². The maximum atomic E-state index is 12.5. The van der Waals surface area contributed by atoms with Gasteiger partial charge >= 0.3 is 0 Å². The molecule has 0 radical (unpaired) electrons. The van der Waals surface area contributed by atoms with Crippen LogP contribution in [0.4, 0.5) is 0 Å². The van der Waals surface area contributed by atoms with E-state index in [1.807, 2.05) is 6.92 Å². The van der Waals surface area contributed by atoms with E-state index in [4.69, 9.17) is 9.47 Å². The third-order valence-electron chi connectivity index (χ3n) is 3.47. The zero-order chi connectivity index (χ0) is 16.5. The second-order valence-corrected chi connectivity index (χ2v) is 6.88. The molecule has 1 aromatic rings. The highest BCUT2D eigenvalue weighted by molar-refractivity contribution is 9.12. The zero-order valence-electron chi connectivity index (χ0n) is 12.4. The highest BCUT2D eigenvalue weighted by Gasteiger charge is 2.31. The zero-order valence-corrected chi connectivity index (χ0v) is 15.6. The van der Waals surface area contributed by atoms with E-state index in [1.54, 1.807) is 38.5 Å². The van der Waals surface area contributed by atoms with Crippen LogP contribution in [0, 0.1) is 0 Å². The van der Waals surface area contributed by atoms with Gasteiger partial charge in [-0.1, -0.05) is 0 Å². The molecule has 0 aromatic heterocycles. The van der Waals surface area contributed by atoms with Gasteiger partial charge in [0.2, 0.25) is 0 Å². The first kappa shape index (κ1) is 17.4. The lowest BCUT2D eigenvalue weighted by Gasteiger charge is -2.27. The fourth-order valence-electron chi connectivity index (χ4n) is 2.27. The molecule has 0 saturated heterocycles. The Morgan fingerprint density at radius 2 is 1.91 bits per heavy atom. The van der Waals surface area contributed by atoms with Gasteiger partial charge in [-0.15, -0.1) is 0 Å². The van der Waals surface area contributed by atoms with Gasteiger partial charge in [0.05, 0.1) is 15.6 Å². The molecule has 22 heavy (non-hydrogen) atoms. The number of Topliss-reactive ketones (excluding diaryl/α,β-unsaturated/α-hetero) is 1. The summed E-state index contributed by atoms with van der Waals surface area (Å²) in [5, 5.41) is 10.3. The van der Waals surface area contributed by atoms with Crippen LogP contribution < -0.4 is 0 Å². The van der Waals surface area contributed by atoms with E-state index in [0.29, 0.717) is 26.7 Å². The van der Waals surface area contributed by atoms with Crippen LogP contribution in [0.15, 0.2) is 33.2 Å². The first-order valence-electron chi connectivity index (χ1n) is 6.53. The minimum absolute atomic E-state index is 0.0140. The van der Waals surface area contributed by atoms with Crippen molar-refractivity contribution >= 4 is 43.2 Å². The maximum Gasteiger partial charge on any atom is 0.200 e. The Kier molecular flexibility index (Phi) is 5.27. The third-order valence-corrected chi connectivity index (χ3v) is 4.66. The molecule has 0 spiro atoms. The predicted octanol–water partition coefficient (Wildman–Crippen LogP) is 3.95. The maximum absolute atomic E-state index is 12.5. The second-order valence-electron chi connectivity index (χ2n) is 5.17. The normalized spacial score (nSPS) is 21.6. The van der Waals surface area contributed by atoms with Crippen LogP contribution in [0.1, 0.15) is 18.1 Å². The van der Waals surface area contributed by atoms with E-state index < -0.39 is 5.60 Å². The third kappa shape index (κ3) is 3.35. The molecule has 1 unspecified atom stereocenters. The summed E-state index contributed by atoms with van der Waals surface area (Å²) < 4.78 is 11.5. The molecular formula is C16H16Br2O4. The number of allylic oxidation sites excluding steroid dienone is 2. The number of hydrogen-bond acceptors (Lipinski definition) is 4. The highest BCUT2D eigenvalue weighted by Crippen LogP contribution is 2.40. The average Bonchev–Trinajstić information content (AvgIpc) is 2.47. The molecule has 0 heterocycles. The molecule has 4 nitrogen and oxygen atoms in total. The van der Waals surface area contributed by atoms with Crippen molar-refractivity contribution in [2.24, 2.45) is 0 Å². The van der Waals surface area contributed by atoms with Crippen molar-refractivity contribution in [2.75, 3.05) is 14.2 Å². The van der Waals surface area contributed by atoms with Crippen molar-refractivity contribution in [3.05, 3.63) is 44.4 Å². The summed E-state index contributed by atoms with van der Waals surface area (Å²) in [5.74, 6) is -0.189. The molecular weight excluding hydrogens is 416 g/mol. The first-order valence-corrected chi connectivity index (χ1v) is 8.11. The summed E-state index contributed by atoms with van der Waals surface area (Å²) in [5.41, 5.74) is 0.952. The minimum Gasteiger partial charge on any atom is -0.506 e. The Morgan fingerprint density at radius 1 is 1.23 bits per heavy atom. The molecule has 0 aliphatic heterocycles. The molecule has 0 fully saturated rings. The van der Waals surface area contributed by atoms with Crippen LogP contribution >= 0.6 is 31.9 Å². The topological polar surface area (TPSA) is 55.8 Å². The van der Waals surface area contributed by atoms with Crippen molar-refractivity contribution in [3.8, 4) is 5.75 Å². The molecule has 6 heteroatoms. The number of methoxy groups -OCH3 is 2. The lowest BCUT2D eigenvalue weighted by molar-refractivity contribution is -0.110. The van der Waals surface area contributed by atoms with Gasteiger partial charge in [0.15, 0.2) is 5.78 Å². The number of phenolic OH excluding ortho intramolecular Hbond substituents is 1. The number of ketones is 1. The largest absolute Gasteiger partial charge is 0.506 e. The van der Waals surface area contributed by atoms with E-state index in [-0.39, 0.29) is 11.5 Å². The fourth-order valence-corrected chi connectivity index (χ4v) is 3.44. The number of phenols is 1. The summed E-state index contributed by atoms with van der Waals surface area (Å²) in [6, 6.07) is 3.51. The summed E-state index contributed by atoms with van der Waals surface area (Å²) in [6.07, 6.45) is 3.40. The number of ether oxygens (including phenoxy) is 2. The minimum atomic E-state index is -0.724. The molecule has 1 atom stereocenters. The van der Waals surface area contributed by atoms with Crippen LogP contribution in [-0.4, -0.2) is 30.7 Å². The fraction of sp³-hybridized carbons (Fsp3) is 0.312. The van der Waals surface area contributed by atoms with E-state index in [1.165, 1.54) is 0 Å². The summed E-state index contributed by atoms with van der Waals surface area (Å²) in [4.78, 5) is 12.5. The summed E-state index contributed by atoms with van der Waals surface area (Å²) in [6.45, 7) is 2.22. The number of aromatic hydroxyl groups is 1. The van der Waals surface area contributed by atoms with Crippen molar-refractivity contribution < 1.29 is 19.4 Å². The Balaban J connectivity index is 2.61. The Morgan fingerprint density at radius 3 is 2.50 bits per heavy atom. The van der Waals surface area contributed by atoms with E-state index in [0.717, 1.165) is 5.56 Å². The van der Waals surface area contributed by atoms with Crippen LogP contribution in [0.25, 0.3) is 5.57 Å². The molecule has 2 rings (SSSR count). The van der Waals surface area contributed by atoms with Crippen molar-refractivity contribution in [1.82, 2.24) is 0 Å². The number of carbonyl (C=O) groups excluding carboxylic acids is 1. The number of halogens is 2. The predicted molar refractivity (Wildman–Crippen MR) is 91.9 cm³/mol. The standard InChI is InChI=1S/C16H16Br2O4/c1-16(22-3)6-11(15(20)13(18)7-16)10-4-9(8-21-2)5-12(17)14(10)19/h4-7,19H,8H2,1-3H3. The molecule has 1 N–H and O–H groups in total. The van der Waals surface area contributed by atoms with Crippen molar-refractivity contribution in [2.45, 2.75) is 19.1 Å².